The molecule has 2 rings (SSSR count). The monoisotopic (exact) mass is 362 g/mol. The summed E-state index contributed by atoms with van der Waals surface area (Å²) < 4.78 is 31.5. The standard InChI is InChI=1S/C19H20F2N2O3/c1-13(24)23(15-6-7-17(20)18(21)11-15)12-19(25)22-9-8-14-4-3-5-16(10-14)26-2/h3-7,10-11H,8-9,12H2,1-2H3,(H,22,25). The van der Waals surface area contributed by atoms with E-state index in [0.717, 1.165) is 28.3 Å². The van der Waals surface area contributed by atoms with E-state index in [-0.39, 0.29) is 12.2 Å². The predicted molar refractivity (Wildman–Crippen MR) is 94.1 cm³/mol. The highest BCUT2D eigenvalue weighted by Gasteiger charge is 2.17. The topological polar surface area (TPSA) is 58.6 Å². The average molecular weight is 362 g/mol. The Morgan fingerprint density at radius 2 is 1.88 bits per heavy atom. The first-order chi connectivity index (χ1) is 12.4. The second-order valence-corrected chi connectivity index (χ2v) is 5.66. The highest BCUT2D eigenvalue weighted by atomic mass is 19.2. The summed E-state index contributed by atoms with van der Waals surface area (Å²) in [7, 11) is 1.58. The summed E-state index contributed by atoms with van der Waals surface area (Å²) >= 11 is 0. The van der Waals surface area contributed by atoms with Crippen LogP contribution in [0.4, 0.5) is 14.5 Å². The van der Waals surface area contributed by atoms with Crippen molar-refractivity contribution in [3.63, 3.8) is 0 Å². The van der Waals surface area contributed by atoms with Gasteiger partial charge in [0.15, 0.2) is 11.6 Å². The summed E-state index contributed by atoms with van der Waals surface area (Å²) in [5.41, 5.74) is 1.12. The molecule has 0 saturated carbocycles. The van der Waals surface area contributed by atoms with Crippen LogP contribution < -0.4 is 15.0 Å². The van der Waals surface area contributed by atoms with Crippen LogP contribution in [-0.2, 0) is 16.0 Å². The lowest BCUT2D eigenvalue weighted by Crippen LogP contribution is -2.40. The largest absolute Gasteiger partial charge is 0.497 e. The number of benzene rings is 2. The summed E-state index contributed by atoms with van der Waals surface area (Å²) in [6.07, 6.45) is 0.591. The maximum atomic E-state index is 13.4. The molecule has 0 fully saturated rings. The molecule has 1 N–H and O–H groups in total. The minimum atomic E-state index is -1.08. The van der Waals surface area contributed by atoms with Crippen LogP contribution in [-0.4, -0.2) is 32.0 Å². The van der Waals surface area contributed by atoms with Crippen LogP contribution >= 0.6 is 0 Å². The second kappa shape index (κ2) is 8.94. The molecule has 0 aromatic heterocycles. The Labute approximate surface area is 150 Å². The van der Waals surface area contributed by atoms with Gasteiger partial charge in [-0.05, 0) is 36.2 Å². The summed E-state index contributed by atoms with van der Waals surface area (Å²) in [5.74, 6) is -2.20. The number of rotatable bonds is 7. The molecule has 5 nitrogen and oxygen atoms in total. The summed E-state index contributed by atoms with van der Waals surface area (Å²) in [6, 6.07) is 10.5. The molecule has 2 aromatic rings. The third-order valence-corrected chi connectivity index (χ3v) is 3.77. The van der Waals surface area contributed by atoms with Crippen LogP contribution in [0.3, 0.4) is 0 Å². The number of carbonyl (C=O) groups is 2. The number of halogens is 2. The average Bonchev–Trinajstić information content (AvgIpc) is 2.62. The van der Waals surface area contributed by atoms with Crippen LogP contribution in [0.15, 0.2) is 42.5 Å². The zero-order chi connectivity index (χ0) is 19.1. The number of carbonyl (C=O) groups excluding carboxylic acids is 2. The quantitative estimate of drug-likeness (QED) is 0.824. The molecule has 0 saturated heterocycles. The first-order valence-corrected chi connectivity index (χ1v) is 8.03. The third kappa shape index (κ3) is 5.27. The van der Waals surface area contributed by atoms with Crippen molar-refractivity contribution in [2.45, 2.75) is 13.3 Å². The molecule has 0 aliphatic rings. The number of hydrogen-bond acceptors (Lipinski definition) is 3. The maximum absolute atomic E-state index is 13.4. The lowest BCUT2D eigenvalue weighted by molar-refractivity contribution is -0.123. The van der Waals surface area contributed by atoms with Gasteiger partial charge in [0.05, 0.1) is 7.11 Å². The van der Waals surface area contributed by atoms with E-state index in [0.29, 0.717) is 13.0 Å². The van der Waals surface area contributed by atoms with Gasteiger partial charge in [-0.3, -0.25) is 9.59 Å². The number of nitrogens with zero attached hydrogens (tertiary/aromatic N) is 1. The molecular weight excluding hydrogens is 342 g/mol. The Hall–Kier alpha value is -2.96. The smallest absolute Gasteiger partial charge is 0.240 e. The summed E-state index contributed by atoms with van der Waals surface area (Å²) in [5, 5.41) is 2.71. The molecular formula is C19H20F2N2O3. The fraction of sp³-hybridized carbons (Fsp3) is 0.263. The zero-order valence-electron chi connectivity index (χ0n) is 14.6. The van der Waals surface area contributed by atoms with Gasteiger partial charge in [0.2, 0.25) is 11.8 Å². The molecule has 0 unspecified atom stereocenters. The van der Waals surface area contributed by atoms with Crippen molar-refractivity contribution in [2.75, 3.05) is 25.1 Å². The van der Waals surface area contributed by atoms with Gasteiger partial charge in [0.25, 0.3) is 0 Å². The van der Waals surface area contributed by atoms with E-state index in [9.17, 15) is 18.4 Å². The van der Waals surface area contributed by atoms with Crippen LogP contribution in [0.25, 0.3) is 0 Å². The molecule has 26 heavy (non-hydrogen) atoms. The van der Waals surface area contributed by atoms with Crippen molar-refractivity contribution >= 4 is 17.5 Å². The normalized spacial score (nSPS) is 10.3. The van der Waals surface area contributed by atoms with Crippen molar-refractivity contribution in [3.8, 4) is 5.75 Å². The maximum Gasteiger partial charge on any atom is 0.240 e. The third-order valence-electron chi connectivity index (χ3n) is 3.77. The molecule has 0 aliphatic carbocycles. The van der Waals surface area contributed by atoms with Crippen molar-refractivity contribution < 1.29 is 23.1 Å². The Kier molecular flexibility index (Phi) is 6.66. The lowest BCUT2D eigenvalue weighted by Gasteiger charge is -2.20. The van der Waals surface area contributed by atoms with E-state index >= 15 is 0 Å². The highest BCUT2D eigenvalue weighted by molar-refractivity contribution is 5.97. The van der Waals surface area contributed by atoms with E-state index in [1.54, 1.807) is 7.11 Å². The van der Waals surface area contributed by atoms with Gasteiger partial charge in [-0.1, -0.05) is 12.1 Å². The molecule has 2 amide bonds. The minimum Gasteiger partial charge on any atom is -0.497 e. The van der Waals surface area contributed by atoms with E-state index in [4.69, 9.17) is 4.74 Å². The Balaban J connectivity index is 1.93. The Morgan fingerprint density at radius 1 is 1.12 bits per heavy atom. The molecule has 0 aliphatic heterocycles. The van der Waals surface area contributed by atoms with Gasteiger partial charge in [-0.15, -0.1) is 0 Å². The summed E-state index contributed by atoms with van der Waals surface area (Å²) in [4.78, 5) is 24.9. The van der Waals surface area contributed by atoms with Gasteiger partial charge in [0, 0.05) is 25.2 Å². The van der Waals surface area contributed by atoms with Crippen LogP contribution in [0, 0.1) is 11.6 Å². The zero-order valence-corrected chi connectivity index (χ0v) is 14.6. The Morgan fingerprint density at radius 3 is 2.54 bits per heavy atom. The first-order valence-electron chi connectivity index (χ1n) is 8.03. The number of hydrogen-bond donors (Lipinski definition) is 1. The number of anilines is 1. The van der Waals surface area contributed by atoms with Gasteiger partial charge >= 0.3 is 0 Å². The number of methoxy groups -OCH3 is 1. The molecule has 7 heteroatoms. The summed E-state index contributed by atoms with van der Waals surface area (Å²) in [6.45, 7) is 1.35. The molecule has 138 valence electrons. The van der Waals surface area contributed by atoms with Crippen LogP contribution in [0.1, 0.15) is 12.5 Å². The van der Waals surface area contributed by atoms with Crippen molar-refractivity contribution in [1.82, 2.24) is 5.32 Å². The molecule has 0 radical (unpaired) electrons. The van der Waals surface area contributed by atoms with E-state index < -0.39 is 23.4 Å². The van der Waals surface area contributed by atoms with Crippen molar-refractivity contribution in [2.24, 2.45) is 0 Å². The van der Waals surface area contributed by atoms with E-state index in [1.165, 1.54) is 13.0 Å². The van der Waals surface area contributed by atoms with E-state index in [2.05, 4.69) is 5.32 Å². The molecule has 2 aromatic carbocycles. The first kappa shape index (κ1) is 19.4. The second-order valence-electron chi connectivity index (χ2n) is 5.66. The lowest BCUT2D eigenvalue weighted by atomic mass is 10.1. The fourth-order valence-corrected chi connectivity index (χ4v) is 2.41. The van der Waals surface area contributed by atoms with Crippen molar-refractivity contribution in [3.05, 3.63) is 59.7 Å². The number of nitrogens with one attached hydrogen (secondary N) is 1. The van der Waals surface area contributed by atoms with Gasteiger partial charge in [-0.25, -0.2) is 8.78 Å². The highest BCUT2D eigenvalue weighted by Crippen LogP contribution is 2.18. The molecule has 0 bridgehead atoms. The molecule has 0 atom stereocenters. The van der Waals surface area contributed by atoms with Crippen LogP contribution in [0.5, 0.6) is 5.75 Å². The number of amides is 2. The van der Waals surface area contributed by atoms with Crippen LogP contribution in [0.2, 0.25) is 0 Å². The fourth-order valence-electron chi connectivity index (χ4n) is 2.41. The minimum absolute atomic E-state index is 0.124. The Bertz CT molecular complexity index is 796. The van der Waals surface area contributed by atoms with Gasteiger partial charge in [0.1, 0.15) is 12.3 Å². The molecule has 0 heterocycles. The predicted octanol–water partition coefficient (Wildman–Crippen LogP) is 2.69. The van der Waals surface area contributed by atoms with Gasteiger partial charge < -0.3 is 15.0 Å². The van der Waals surface area contributed by atoms with Crippen molar-refractivity contribution in [1.29, 1.82) is 0 Å². The van der Waals surface area contributed by atoms with E-state index in [1.807, 2.05) is 24.3 Å². The molecule has 0 spiro atoms. The van der Waals surface area contributed by atoms with Gasteiger partial charge in [-0.2, -0.15) is 0 Å². The number of ether oxygens (including phenoxy) is 1. The SMILES string of the molecule is COc1cccc(CCNC(=O)CN(C(C)=O)c2ccc(F)c(F)c2)c1.